The van der Waals surface area contributed by atoms with Crippen LogP contribution in [0.4, 0.5) is 4.39 Å². The summed E-state index contributed by atoms with van der Waals surface area (Å²) < 4.78 is 15.0. The number of aromatic amines is 1. The van der Waals surface area contributed by atoms with Crippen molar-refractivity contribution < 1.29 is 4.39 Å². The van der Waals surface area contributed by atoms with Gasteiger partial charge in [0.15, 0.2) is 0 Å². The van der Waals surface area contributed by atoms with Gasteiger partial charge < -0.3 is 10.7 Å². The quantitative estimate of drug-likeness (QED) is 0.607. The molecular formula is C18H14FN5. The molecule has 0 aliphatic heterocycles. The van der Waals surface area contributed by atoms with Crippen LogP contribution in [-0.2, 0) is 0 Å². The third kappa shape index (κ3) is 2.25. The number of nitrogens with one attached hydrogen (secondary N) is 1. The average Bonchev–Trinajstić information content (AvgIpc) is 3.21. The first-order valence-electron chi connectivity index (χ1n) is 7.35. The second-order valence-electron chi connectivity index (χ2n) is 5.45. The van der Waals surface area contributed by atoms with E-state index in [1.54, 1.807) is 24.7 Å². The lowest BCUT2D eigenvalue weighted by atomic mass is 10.1. The molecule has 118 valence electrons. The third-order valence-electron chi connectivity index (χ3n) is 3.88. The van der Waals surface area contributed by atoms with E-state index in [-0.39, 0.29) is 5.82 Å². The lowest BCUT2D eigenvalue weighted by molar-refractivity contribution is 0.628. The van der Waals surface area contributed by atoms with E-state index >= 15 is 0 Å². The van der Waals surface area contributed by atoms with Gasteiger partial charge in [0.1, 0.15) is 11.5 Å². The predicted octanol–water partition coefficient (Wildman–Crippen LogP) is 3.46. The van der Waals surface area contributed by atoms with Crippen LogP contribution in [0.2, 0.25) is 0 Å². The summed E-state index contributed by atoms with van der Waals surface area (Å²) in [5.41, 5.74) is 11.1. The van der Waals surface area contributed by atoms with Gasteiger partial charge in [0.2, 0.25) is 0 Å². The number of rotatable bonds is 3. The Morgan fingerprint density at radius 2 is 1.83 bits per heavy atom. The van der Waals surface area contributed by atoms with Crippen molar-refractivity contribution in [3.8, 4) is 22.5 Å². The van der Waals surface area contributed by atoms with Crippen LogP contribution >= 0.6 is 0 Å². The first-order valence-corrected chi connectivity index (χ1v) is 7.35. The molecule has 0 radical (unpaired) electrons. The number of hydrogen-bond donors (Lipinski definition) is 2. The number of imidazole rings is 2. The summed E-state index contributed by atoms with van der Waals surface area (Å²) in [4.78, 5) is 11.8. The lowest BCUT2D eigenvalue weighted by Crippen LogP contribution is -1.99. The summed E-state index contributed by atoms with van der Waals surface area (Å²) in [5.74, 6) is -0.272. The van der Waals surface area contributed by atoms with Gasteiger partial charge >= 0.3 is 0 Å². The highest BCUT2D eigenvalue weighted by Crippen LogP contribution is 2.29. The van der Waals surface area contributed by atoms with E-state index in [1.807, 2.05) is 22.7 Å². The minimum atomic E-state index is -0.272. The molecule has 24 heavy (non-hydrogen) atoms. The zero-order valence-corrected chi connectivity index (χ0v) is 12.7. The standard InChI is InChI=1S/C18H14FN5/c1-11(20)15-8-21-16-7-4-13(9-24(15)16)18-17(22-10-23-18)12-2-5-14(19)6-3-12/h2-10H,1,20H2,(H,22,23). The molecule has 0 spiro atoms. The Bertz CT molecular complexity index is 1040. The lowest BCUT2D eigenvalue weighted by Gasteiger charge is -2.06. The van der Waals surface area contributed by atoms with Crippen molar-refractivity contribution in [1.82, 2.24) is 19.4 Å². The highest BCUT2D eigenvalue weighted by Gasteiger charge is 2.13. The summed E-state index contributed by atoms with van der Waals surface area (Å²) in [5, 5.41) is 0. The second-order valence-corrected chi connectivity index (χ2v) is 5.45. The molecule has 4 rings (SSSR count). The van der Waals surface area contributed by atoms with E-state index < -0.39 is 0 Å². The molecule has 0 atom stereocenters. The van der Waals surface area contributed by atoms with Crippen LogP contribution in [0.3, 0.4) is 0 Å². The minimum Gasteiger partial charge on any atom is -0.397 e. The van der Waals surface area contributed by atoms with Gasteiger partial charge in [0.05, 0.1) is 35.3 Å². The molecule has 5 nitrogen and oxygen atoms in total. The largest absolute Gasteiger partial charge is 0.397 e. The Morgan fingerprint density at radius 3 is 2.58 bits per heavy atom. The van der Waals surface area contributed by atoms with Crippen molar-refractivity contribution in [3.05, 3.63) is 73.2 Å². The molecular weight excluding hydrogens is 305 g/mol. The monoisotopic (exact) mass is 319 g/mol. The molecule has 0 aliphatic rings. The molecule has 1 aromatic carbocycles. The Balaban J connectivity index is 1.87. The van der Waals surface area contributed by atoms with E-state index in [4.69, 9.17) is 5.73 Å². The van der Waals surface area contributed by atoms with Crippen molar-refractivity contribution >= 4 is 11.3 Å². The highest BCUT2D eigenvalue weighted by atomic mass is 19.1. The van der Waals surface area contributed by atoms with E-state index in [1.165, 1.54) is 12.1 Å². The second kappa shape index (κ2) is 5.34. The fourth-order valence-corrected chi connectivity index (χ4v) is 2.71. The van der Waals surface area contributed by atoms with Crippen LogP contribution in [0.5, 0.6) is 0 Å². The molecule has 0 fully saturated rings. The fourth-order valence-electron chi connectivity index (χ4n) is 2.71. The van der Waals surface area contributed by atoms with Crippen LogP contribution in [0.25, 0.3) is 33.9 Å². The number of aromatic nitrogens is 4. The normalized spacial score (nSPS) is 11.0. The summed E-state index contributed by atoms with van der Waals surface area (Å²) in [6.07, 6.45) is 5.22. The summed E-state index contributed by atoms with van der Waals surface area (Å²) in [6.45, 7) is 3.77. The summed E-state index contributed by atoms with van der Waals surface area (Å²) >= 11 is 0. The van der Waals surface area contributed by atoms with Crippen molar-refractivity contribution in [2.45, 2.75) is 0 Å². The zero-order chi connectivity index (χ0) is 16.7. The first kappa shape index (κ1) is 14.2. The molecule has 0 saturated carbocycles. The van der Waals surface area contributed by atoms with E-state index in [9.17, 15) is 4.39 Å². The molecule has 0 bridgehead atoms. The molecule has 6 heteroatoms. The number of nitrogens with two attached hydrogens (primary N) is 1. The summed E-state index contributed by atoms with van der Waals surface area (Å²) in [7, 11) is 0. The van der Waals surface area contributed by atoms with Gasteiger partial charge in [-0.1, -0.05) is 6.58 Å². The Kier molecular flexibility index (Phi) is 3.16. The topological polar surface area (TPSA) is 72.0 Å². The molecule has 3 N–H and O–H groups in total. The van der Waals surface area contributed by atoms with Gasteiger partial charge in [0, 0.05) is 17.3 Å². The smallest absolute Gasteiger partial charge is 0.137 e. The van der Waals surface area contributed by atoms with Gasteiger partial charge in [-0.15, -0.1) is 0 Å². The maximum absolute atomic E-state index is 13.2. The third-order valence-corrected chi connectivity index (χ3v) is 3.88. The molecule has 3 aromatic heterocycles. The zero-order valence-electron chi connectivity index (χ0n) is 12.7. The fraction of sp³-hybridized carbons (Fsp3) is 0. The van der Waals surface area contributed by atoms with E-state index in [0.717, 1.165) is 33.9 Å². The molecule has 0 unspecified atom stereocenters. The van der Waals surface area contributed by atoms with Gasteiger partial charge in [-0.3, -0.25) is 4.40 Å². The number of nitrogens with zero attached hydrogens (tertiary/aromatic N) is 3. The first-order chi connectivity index (χ1) is 11.6. The van der Waals surface area contributed by atoms with Crippen molar-refractivity contribution in [2.75, 3.05) is 0 Å². The van der Waals surface area contributed by atoms with Crippen LogP contribution in [-0.4, -0.2) is 19.4 Å². The SMILES string of the molecule is C=C(N)c1cnc2ccc(-c3nc[nH]c3-c3ccc(F)cc3)cn12. The molecule has 4 aromatic rings. The average molecular weight is 319 g/mol. The molecule has 3 heterocycles. The highest BCUT2D eigenvalue weighted by molar-refractivity contribution is 5.78. The number of pyridine rings is 1. The summed E-state index contributed by atoms with van der Waals surface area (Å²) in [6, 6.07) is 10.1. The van der Waals surface area contributed by atoms with Gasteiger partial charge in [-0.05, 0) is 36.4 Å². The van der Waals surface area contributed by atoms with Gasteiger partial charge in [-0.25, -0.2) is 14.4 Å². The van der Waals surface area contributed by atoms with Gasteiger partial charge in [-0.2, -0.15) is 0 Å². The maximum Gasteiger partial charge on any atom is 0.137 e. The predicted molar refractivity (Wildman–Crippen MR) is 91.4 cm³/mol. The van der Waals surface area contributed by atoms with E-state index in [2.05, 4.69) is 21.5 Å². The number of halogens is 1. The minimum absolute atomic E-state index is 0.272. The van der Waals surface area contributed by atoms with Crippen LogP contribution in [0.1, 0.15) is 5.69 Å². The maximum atomic E-state index is 13.2. The number of H-pyrrole nitrogens is 1. The van der Waals surface area contributed by atoms with Crippen molar-refractivity contribution in [1.29, 1.82) is 0 Å². The molecule has 0 aliphatic carbocycles. The Labute approximate surface area is 137 Å². The van der Waals surface area contributed by atoms with Crippen LogP contribution in [0.15, 0.2) is 61.7 Å². The molecule has 0 amide bonds. The number of fused-ring (bicyclic) bond motifs is 1. The Morgan fingerprint density at radius 1 is 1.08 bits per heavy atom. The number of benzene rings is 1. The van der Waals surface area contributed by atoms with Crippen LogP contribution < -0.4 is 5.73 Å². The van der Waals surface area contributed by atoms with E-state index in [0.29, 0.717) is 5.70 Å². The van der Waals surface area contributed by atoms with Gasteiger partial charge in [0.25, 0.3) is 0 Å². The number of hydrogen-bond acceptors (Lipinski definition) is 3. The van der Waals surface area contributed by atoms with Crippen LogP contribution in [0, 0.1) is 5.82 Å². The van der Waals surface area contributed by atoms with Crippen molar-refractivity contribution in [3.63, 3.8) is 0 Å². The Hall–Kier alpha value is -3.41. The molecule has 0 saturated heterocycles. The van der Waals surface area contributed by atoms with Crippen molar-refractivity contribution in [2.24, 2.45) is 5.73 Å².